The van der Waals surface area contributed by atoms with E-state index in [1.54, 1.807) is 0 Å². The minimum Gasteiger partial charge on any atom is -0.390 e. The van der Waals surface area contributed by atoms with Crippen LogP contribution in [-0.4, -0.2) is 5.90 Å². The third-order valence-corrected chi connectivity index (χ3v) is 3.04. The Hall–Kier alpha value is -1.91. The topological polar surface area (TPSA) is 47.6 Å². The molecule has 0 bridgehead atoms. The van der Waals surface area contributed by atoms with E-state index < -0.39 is 0 Å². The van der Waals surface area contributed by atoms with Crippen LogP contribution >= 0.6 is 11.3 Å². The molecule has 0 atom stereocenters. The van der Waals surface area contributed by atoms with Gasteiger partial charge in [0.25, 0.3) is 5.90 Å². The standard InChI is InChI=1S/C13H12N2OS/c1-10(11-6-3-2-4-7-11)15-13(16-14)12-8-5-9-17-12/h2-9H,1,14H2. The number of nitrogens with two attached hydrogens (primary N) is 1. The molecular formula is C13H12N2OS. The van der Waals surface area contributed by atoms with Crippen LogP contribution in [0.25, 0.3) is 5.70 Å². The van der Waals surface area contributed by atoms with Crippen molar-refractivity contribution in [3.8, 4) is 0 Å². The average Bonchev–Trinajstić information content (AvgIpc) is 2.90. The van der Waals surface area contributed by atoms with Crippen LogP contribution in [0.2, 0.25) is 0 Å². The molecule has 2 rings (SSSR count). The molecule has 2 N–H and O–H groups in total. The van der Waals surface area contributed by atoms with Crippen LogP contribution in [0, 0.1) is 0 Å². The molecular weight excluding hydrogens is 232 g/mol. The van der Waals surface area contributed by atoms with Crippen molar-refractivity contribution in [1.29, 1.82) is 0 Å². The molecule has 2 aromatic rings. The predicted molar refractivity (Wildman–Crippen MR) is 71.6 cm³/mol. The van der Waals surface area contributed by atoms with Crippen molar-refractivity contribution >= 4 is 22.9 Å². The summed E-state index contributed by atoms with van der Waals surface area (Å²) in [6.07, 6.45) is 0. The Balaban J connectivity index is 2.26. The van der Waals surface area contributed by atoms with Gasteiger partial charge in [-0.2, -0.15) is 5.90 Å². The summed E-state index contributed by atoms with van der Waals surface area (Å²) < 4.78 is 0. The minimum atomic E-state index is 0.383. The van der Waals surface area contributed by atoms with Crippen molar-refractivity contribution in [2.45, 2.75) is 0 Å². The summed E-state index contributed by atoms with van der Waals surface area (Å²) >= 11 is 1.52. The van der Waals surface area contributed by atoms with E-state index in [1.807, 2.05) is 47.8 Å². The van der Waals surface area contributed by atoms with E-state index in [0.29, 0.717) is 11.6 Å². The molecule has 0 amide bonds. The van der Waals surface area contributed by atoms with Crippen molar-refractivity contribution in [3.05, 3.63) is 64.9 Å². The molecule has 0 radical (unpaired) electrons. The van der Waals surface area contributed by atoms with E-state index in [-0.39, 0.29) is 0 Å². The first-order valence-electron chi connectivity index (χ1n) is 5.05. The molecule has 0 aliphatic rings. The zero-order valence-corrected chi connectivity index (χ0v) is 9.98. The highest BCUT2D eigenvalue weighted by Gasteiger charge is 2.06. The molecule has 0 aliphatic carbocycles. The van der Waals surface area contributed by atoms with Gasteiger partial charge in [-0.3, -0.25) is 0 Å². The molecule has 4 heteroatoms. The van der Waals surface area contributed by atoms with Gasteiger partial charge in [-0.25, -0.2) is 4.99 Å². The second-order valence-electron chi connectivity index (χ2n) is 3.32. The molecule has 17 heavy (non-hydrogen) atoms. The highest BCUT2D eigenvalue weighted by Crippen LogP contribution is 2.17. The Kier molecular flexibility index (Phi) is 3.69. The lowest BCUT2D eigenvalue weighted by atomic mass is 10.2. The maximum atomic E-state index is 5.23. The smallest absolute Gasteiger partial charge is 0.255 e. The Bertz CT molecular complexity index is 518. The molecule has 1 heterocycles. The number of benzene rings is 1. The number of hydrogen-bond acceptors (Lipinski definition) is 4. The van der Waals surface area contributed by atoms with Gasteiger partial charge in [0.15, 0.2) is 0 Å². The highest BCUT2D eigenvalue weighted by molar-refractivity contribution is 7.12. The third-order valence-electron chi connectivity index (χ3n) is 2.19. The maximum absolute atomic E-state index is 5.23. The van der Waals surface area contributed by atoms with E-state index in [2.05, 4.69) is 11.6 Å². The molecule has 86 valence electrons. The second-order valence-corrected chi connectivity index (χ2v) is 4.27. The van der Waals surface area contributed by atoms with Crippen LogP contribution in [0.5, 0.6) is 0 Å². The van der Waals surface area contributed by atoms with Gasteiger partial charge in [0.1, 0.15) is 0 Å². The molecule has 0 saturated heterocycles. The van der Waals surface area contributed by atoms with Gasteiger partial charge >= 0.3 is 0 Å². The lowest BCUT2D eigenvalue weighted by molar-refractivity contribution is 0.323. The highest BCUT2D eigenvalue weighted by atomic mass is 32.1. The normalized spacial score (nSPS) is 11.2. The quantitative estimate of drug-likeness (QED) is 0.512. The van der Waals surface area contributed by atoms with Crippen molar-refractivity contribution in [1.82, 2.24) is 0 Å². The van der Waals surface area contributed by atoms with Gasteiger partial charge in [-0.15, -0.1) is 11.3 Å². The van der Waals surface area contributed by atoms with Gasteiger partial charge in [0.05, 0.1) is 10.6 Å². The van der Waals surface area contributed by atoms with Crippen molar-refractivity contribution in [3.63, 3.8) is 0 Å². The Labute approximate surface area is 104 Å². The minimum absolute atomic E-state index is 0.383. The van der Waals surface area contributed by atoms with Crippen LogP contribution in [0.4, 0.5) is 0 Å². The lowest BCUT2D eigenvalue weighted by Gasteiger charge is -2.03. The number of rotatable bonds is 3. The first-order chi connectivity index (χ1) is 8.31. The Morgan fingerprint density at radius 2 is 1.94 bits per heavy atom. The summed E-state index contributed by atoms with van der Waals surface area (Å²) in [4.78, 5) is 9.96. The van der Waals surface area contributed by atoms with E-state index in [9.17, 15) is 0 Å². The average molecular weight is 244 g/mol. The van der Waals surface area contributed by atoms with Gasteiger partial charge in [0.2, 0.25) is 0 Å². The fourth-order valence-corrected chi connectivity index (χ4v) is 2.01. The number of nitrogens with zero attached hydrogens (tertiary/aromatic N) is 1. The summed E-state index contributed by atoms with van der Waals surface area (Å²) in [6.45, 7) is 3.90. The van der Waals surface area contributed by atoms with Crippen LogP contribution in [0.15, 0.2) is 59.4 Å². The second kappa shape index (κ2) is 5.43. The van der Waals surface area contributed by atoms with E-state index in [4.69, 9.17) is 10.7 Å². The van der Waals surface area contributed by atoms with Crippen LogP contribution in [-0.2, 0) is 4.84 Å². The van der Waals surface area contributed by atoms with Gasteiger partial charge < -0.3 is 4.84 Å². The molecule has 0 saturated carbocycles. The zero-order chi connectivity index (χ0) is 12.1. The van der Waals surface area contributed by atoms with Gasteiger partial charge in [-0.1, -0.05) is 43.0 Å². The molecule has 3 nitrogen and oxygen atoms in total. The van der Waals surface area contributed by atoms with Gasteiger partial charge in [-0.05, 0) is 17.0 Å². The number of hydrogen-bond donors (Lipinski definition) is 1. The summed E-state index contributed by atoms with van der Waals surface area (Å²) in [5, 5.41) is 1.94. The molecule has 1 aromatic heterocycles. The summed E-state index contributed by atoms with van der Waals surface area (Å²) in [7, 11) is 0. The molecule has 0 aliphatic heterocycles. The fraction of sp³-hybridized carbons (Fsp3) is 0. The molecule has 0 spiro atoms. The molecule has 0 unspecified atom stereocenters. The first kappa shape index (κ1) is 11.6. The van der Waals surface area contributed by atoms with E-state index in [0.717, 1.165) is 10.4 Å². The lowest BCUT2D eigenvalue weighted by Crippen LogP contribution is -2.10. The molecule has 0 fully saturated rings. The van der Waals surface area contributed by atoms with Crippen molar-refractivity contribution < 1.29 is 4.84 Å². The van der Waals surface area contributed by atoms with Crippen molar-refractivity contribution in [2.24, 2.45) is 10.9 Å². The summed E-state index contributed by atoms with van der Waals surface area (Å²) in [6, 6.07) is 13.5. The van der Waals surface area contributed by atoms with E-state index in [1.165, 1.54) is 11.3 Å². The zero-order valence-electron chi connectivity index (χ0n) is 9.17. The summed E-state index contributed by atoms with van der Waals surface area (Å²) in [5.41, 5.74) is 1.57. The fourth-order valence-electron chi connectivity index (χ4n) is 1.36. The first-order valence-corrected chi connectivity index (χ1v) is 5.93. The van der Waals surface area contributed by atoms with E-state index >= 15 is 0 Å². The van der Waals surface area contributed by atoms with Crippen LogP contribution in [0.1, 0.15) is 10.4 Å². The van der Waals surface area contributed by atoms with Gasteiger partial charge in [0, 0.05) is 0 Å². The Morgan fingerprint density at radius 3 is 2.53 bits per heavy atom. The molecule has 1 aromatic carbocycles. The summed E-state index contributed by atoms with van der Waals surface area (Å²) in [5.74, 6) is 5.61. The van der Waals surface area contributed by atoms with Crippen molar-refractivity contribution in [2.75, 3.05) is 0 Å². The number of thiophene rings is 1. The Morgan fingerprint density at radius 1 is 1.18 bits per heavy atom. The SMILES string of the molecule is C=C(N=C(ON)c1cccs1)c1ccccc1. The predicted octanol–water partition coefficient (Wildman–Crippen LogP) is 3.06. The number of aliphatic imine (C=N–C) groups is 1. The maximum Gasteiger partial charge on any atom is 0.255 e. The largest absolute Gasteiger partial charge is 0.390 e. The van der Waals surface area contributed by atoms with Crippen LogP contribution in [0.3, 0.4) is 0 Å². The van der Waals surface area contributed by atoms with Crippen LogP contribution < -0.4 is 5.90 Å². The third kappa shape index (κ3) is 2.81. The monoisotopic (exact) mass is 244 g/mol.